The van der Waals surface area contributed by atoms with E-state index in [0.29, 0.717) is 12.3 Å². The molecule has 14 heavy (non-hydrogen) atoms. The maximum absolute atomic E-state index is 9.16. The summed E-state index contributed by atoms with van der Waals surface area (Å²) in [5, 5.41) is 9.16. The van der Waals surface area contributed by atoms with Gasteiger partial charge in [-0.15, -0.1) is 0 Å². The SMILES string of the molecule is CC(O)Cc1cnc(C2CCCO2)o1. The highest BCUT2D eigenvalue weighted by molar-refractivity contribution is 4.98. The van der Waals surface area contributed by atoms with E-state index in [1.165, 1.54) is 0 Å². The molecule has 4 nitrogen and oxygen atoms in total. The van der Waals surface area contributed by atoms with Gasteiger partial charge in [0.1, 0.15) is 11.9 Å². The fraction of sp³-hybridized carbons (Fsp3) is 0.700. The number of nitrogens with zero attached hydrogens (tertiary/aromatic N) is 1. The topological polar surface area (TPSA) is 55.5 Å². The summed E-state index contributed by atoms with van der Waals surface area (Å²) in [6.07, 6.45) is 3.87. The zero-order chi connectivity index (χ0) is 9.97. The van der Waals surface area contributed by atoms with Gasteiger partial charge in [0.2, 0.25) is 5.89 Å². The first-order valence-corrected chi connectivity index (χ1v) is 5.00. The number of rotatable bonds is 3. The molecule has 4 heteroatoms. The Kier molecular flexibility index (Phi) is 2.84. The molecule has 1 aliphatic rings. The van der Waals surface area contributed by atoms with Crippen molar-refractivity contribution in [2.24, 2.45) is 0 Å². The lowest BCUT2D eigenvalue weighted by Gasteiger charge is -2.03. The van der Waals surface area contributed by atoms with Crippen LogP contribution in [0.4, 0.5) is 0 Å². The second kappa shape index (κ2) is 4.11. The Morgan fingerprint density at radius 1 is 1.71 bits per heavy atom. The van der Waals surface area contributed by atoms with Crippen LogP contribution in [-0.2, 0) is 11.2 Å². The zero-order valence-corrected chi connectivity index (χ0v) is 8.27. The average Bonchev–Trinajstić information content (AvgIpc) is 2.69. The molecular weight excluding hydrogens is 182 g/mol. The Balaban J connectivity index is 2.01. The molecule has 1 saturated heterocycles. The van der Waals surface area contributed by atoms with Gasteiger partial charge < -0.3 is 14.3 Å². The molecule has 1 fully saturated rings. The van der Waals surface area contributed by atoms with Gasteiger partial charge in [0.05, 0.1) is 12.3 Å². The molecule has 0 radical (unpaired) electrons. The van der Waals surface area contributed by atoms with Crippen molar-refractivity contribution >= 4 is 0 Å². The number of hydrogen-bond donors (Lipinski definition) is 1. The minimum Gasteiger partial charge on any atom is -0.443 e. The van der Waals surface area contributed by atoms with Crippen molar-refractivity contribution in [1.29, 1.82) is 0 Å². The summed E-state index contributed by atoms with van der Waals surface area (Å²) in [6.45, 7) is 2.52. The molecule has 2 unspecified atom stereocenters. The lowest BCUT2D eigenvalue weighted by atomic mass is 10.2. The first kappa shape index (κ1) is 9.68. The third-order valence-electron chi connectivity index (χ3n) is 2.27. The molecule has 1 N–H and O–H groups in total. The van der Waals surface area contributed by atoms with Crippen LogP contribution in [0.2, 0.25) is 0 Å². The van der Waals surface area contributed by atoms with Gasteiger partial charge in [0.25, 0.3) is 0 Å². The molecule has 0 saturated carbocycles. The van der Waals surface area contributed by atoms with E-state index >= 15 is 0 Å². The van der Waals surface area contributed by atoms with Crippen molar-refractivity contribution < 1.29 is 14.3 Å². The standard InChI is InChI=1S/C10H15NO3/c1-7(12)5-8-6-11-10(14-8)9-3-2-4-13-9/h6-7,9,12H,2-5H2,1H3. The lowest BCUT2D eigenvalue weighted by molar-refractivity contribution is 0.0870. The van der Waals surface area contributed by atoms with E-state index in [1.54, 1.807) is 13.1 Å². The third-order valence-corrected chi connectivity index (χ3v) is 2.27. The molecular formula is C10H15NO3. The highest BCUT2D eigenvalue weighted by Crippen LogP contribution is 2.27. The van der Waals surface area contributed by atoms with Gasteiger partial charge in [-0.3, -0.25) is 0 Å². The third kappa shape index (κ3) is 2.13. The fourth-order valence-corrected chi connectivity index (χ4v) is 1.63. The lowest BCUT2D eigenvalue weighted by Crippen LogP contribution is -2.02. The van der Waals surface area contributed by atoms with Crippen LogP contribution in [0, 0.1) is 0 Å². The Bertz CT molecular complexity index is 289. The molecule has 0 bridgehead atoms. The summed E-state index contributed by atoms with van der Waals surface area (Å²) >= 11 is 0. The number of ether oxygens (including phenoxy) is 1. The summed E-state index contributed by atoms with van der Waals surface area (Å²) in [5.41, 5.74) is 0. The summed E-state index contributed by atoms with van der Waals surface area (Å²) in [5.74, 6) is 1.38. The molecule has 0 spiro atoms. The Hall–Kier alpha value is -0.870. The van der Waals surface area contributed by atoms with E-state index < -0.39 is 0 Å². The first-order valence-electron chi connectivity index (χ1n) is 5.00. The molecule has 0 aromatic carbocycles. The number of oxazole rings is 1. The van der Waals surface area contributed by atoms with Gasteiger partial charge in [-0.2, -0.15) is 0 Å². The van der Waals surface area contributed by atoms with Crippen molar-refractivity contribution in [1.82, 2.24) is 4.98 Å². The molecule has 2 heterocycles. The molecule has 1 aromatic rings. The van der Waals surface area contributed by atoms with Crippen LogP contribution in [0.5, 0.6) is 0 Å². The van der Waals surface area contributed by atoms with Crippen molar-refractivity contribution in [2.45, 2.75) is 38.4 Å². The summed E-state index contributed by atoms with van der Waals surface area (Å²) in [4.78, 5) is 4.15. The normalized spacial score (nSPS) is 24.0. The minimum atomic E-state index is -0.389. The maximum Gasteiger partial charge on any atom is 0.223 e. The van der Waals surface area contributed by atoms with Crippen molar-refractivity contribution in [3.63, 3.8) is 0 Å². The average molecular weight is 197 g/mol. The van der Waals surface area contributed by atoms with Crippen molar-refractivity contribution in [2.75, 3.05) is 6.61 Å². The smallest absolute Gasteiger partial charge is 0.223 e. The highest BCUT2D eigenvalue weighted by Gasteiger charge is 2.22. The summed E-state index contributed by atoms with van der Waals surface area (Å²) < 4.78 is 10.9. The molecule has 0 amide bonds. The fourth-order valence-electron chi connectivity index (χ4n) is 1.63. The summed E-state index contributed by atoms with van der Waals surface area (Å²) in [7, 11) is 0. The Labute approximate surface area is 82.9 Å². The van der Waals surface area contributed by atoms with Crippen LogP contribution in [0.25, 0.3) is 0 Å². The molecule has 2 atom stereocenters. The molecule has 78 valence electrons. The quantitative estimate of drug-likeness (QED) is 0.796. The summed E-state index contributed by atoms with van der Waals surface area (Å²) in [6, 6.07) is 0. The second-order valence-electron chi connectivity index (χ2n) is 3.72. The van der Waals surface area contributed by atoms with E-state index in [0.717, 1.165) is 25.2 Å². The van der Waals surface area contributed by atoms with Crippen LogP contribution in [-0.4, -0.2) is 22.8 Å². The van der Waals surface area contributed by atoms with Crippen LogP contribution in [0.15, 0.2) is 10.6 Å². The molecule has 2 rings (SSSR count). The van der Waals surface area contributed by atoms with Crippen LogP contribution in [0.3, 0.4) is 0 Å². The van der Waals surface area contributed by atoms with Gasteiger partial charge in [0, 0.05) is 13.0 Å². The van der Waals surface area contributed by atoms with Gasteiger partial charge in [-0.1, -0.05) is 0 Å². The van der Waals surface area contributed by atoms with Crippen LogP contribution >= 0.6 is 0 Å². The second-order valence-corrected chi connectivity index (χ2v) is 3.72. The van der Waals surface area contributed by atoms with Crippen molar-refractivity contribution in [3.8, 4) is 0 Å². The monoisotopic (exact) mass is 197 g/mol. The zero-order valence-electron chi connectivity index (χ0n) is 8.27. The molecule has 0 aliphatic carbocycles. The Morgan fingerprint density at radius 2 is 2.57 bits per heavy atom. The van der Waals surface area contributed by atoms with Crippen LogP contribution < -0.4 is 0 Å². The molecule has 1 aromatic heterocycles. The van der Waals surface area contributed by atoms with Gasteiger partial charge in [0.15, 0.2) is 0 Å². The van der Waals surface area contributed by atoms with Gasteiger partial charge in [-0.05, 0) is 19.8 Å². The highest BCUT2D eigenvalue weighted by atomic mass is 16.5. The predicted molar refractivity (Wildman–Crippen MR) is 49.8 cm³/mol. The van der Waals surface area contributed by atoms with E-state index in [9.17, 15) is 0 Å². The van der Waals surface area contributed by atoms with E-state index in [1.807, 2.05) is 0 Å². The number of hydrogen-bond acceptors (Lipinski definition) is 4. The largest absolute Gasteiger partial charge is 0.443 e. The predicted octanol–water partition coefficient (Wildman–Crippen LogP) is 1.45. The van der Waals surface area contributed by atoms with Crippen molar-refractivity contribution in [3.05, 3.63) is 17.8 Å². The first-order chi connectivity index (χ1) is 6.75. The molecule has 1 aliphatic heterocycles. The van der Waals surface area contributed by atoms with E-state index in [-0.39, 0.29) is 12.2 Å². The van der Waals surface area contributed by atoms with Gasteiger partial charge in [-0.25, -0.2) is 4.98 Å². The van der Waals surface area contributed by atoms with E-state index in [2.05, 4.69) is 4.98 Å². The number of aromatic nitrogens is 1. The number of aliphatic hydroxyl groups excluding tert-OH is 1. The number of aliphatic hydroxyl groups is 1. The van der Waals surface area contributed by atoms with Crippen LogP contribution in [0.1, 0.15) is 37.5 Å². The van der Waals surface area contributed by atoms with Gasteiger partial charge >= 0.3 is 0 Å². The van der Waals surface area contributed by atoms with E-state index in [4.69, 9.17) is 14.3 Å². The Morgan fingerprint density at radius 3 is 3.21 bits per heavy atom. The minimum absolute atomic E-state index is 0.0257. The maximum atomic E-state index is 9.16.